The molecule has 6 unspecified atom stereocenters. The molecule has 242 valence electrons. The molecule has 0 saturated carbocycles. The molecule has 48 heavy (non-hydrogen) atoms. The normalized spacial score (nSPS) is 26.7. The number of hydrogen-bond donors (Lipinski definition) is 0. The zero-order valence-corrected chi connectivity index (χ0v) is 26.9. The van der Waals surface area contributed by atoms with Gasteiger partial charge < -0.3 is 9.47 Å². The van der Waals surface area contributed by atoms with Crippen LogP contribution in [0.4, 0.5) is 11.4 Å². The number of anilines is 2. The Morgan fingerprint density at radius 2 is 0.854 bits per heavy atom. The summed E-state index contributed by atoms with van der Waals surface area (Å²) < 4.78 is 10.8. The van der Waals surface area contributed by atoms with E-state index in [1.165, 1.54) is 24.0 Å². The minimum atomic E-state index is -0.947. The van der Waals surface area contributed by atoms with Crippen LogP contribution in [0.2, 0.25) is 0 Å². The Morgan fingerprint density at radius 1 is 0.479 bits per heavy atom. The Labute approximate surface area is 278 Å². The summed E-state index contributed by atoms with van der Waals surface area (Å²) in [5, 5.41) is 3.77. The minimum absolute atomic E-state index is 0.362. The average Bonchev–Trinajstić information content (AvgIpc) is 3.77. The highest BCUT2D eigenvalue weighted by atomic mass is 16.5. The molecule has 4 aromatic rings. The Morgan fingerprint density at radius 3 is 1.21 bits per heavy atom. The van der Waals surface area contributed by atoms with Gasteiger partial charge in [-0.25, -0.2) is 19.8 Å². The van der Waals surface area contributed by atoms with Crippen LogP contribution in [0.5, 0.6) is 11.5 Å². The highest BCUT2D eigenvalue weighted by Gasteiger charge is 2.73. The second-order valence-corrected chi connectivity index (χ2v) is 12.8. The van der Waals surface area contributed by atoms with E-state index in [-0.39, 0.29) is 11.8 Å². The van der Waals surface area contributed by atoms with Gasteiger partial charge in [0.2, 0.25) is 11.8 Å². The van der Waals surface area contributed by atoms with Crippen LogP contribution in [-0.4, -0.2) is 59.9 Å². The molecule has 0 radical (unpaired) electrons. The number of amides is 4. The molecule has 4 heterocycles. The van der Waals surface area contributed by atoms with Crippen molar-refractivity contribution in [1.82, 2.24) is 10.0 Å². The molecule has 6 atom stereocenters. The average molecular weight is 643 g/mol. The Kier molecular flexibility index (Phi) is 6.97. The number of carbonyl (C=O) groups excluding carboxylic acids is 4. The lowest BCUT2D eigenvalue weighted by molar-refractivity contribution is -0.136. The second kappa shape index (κ2) is 11.1. The van der Waals surface area contributed by atoms with Crippen LogP contribution in [0, 0.1) is 25.7 Å². The van der Waals surface area contributed by atoms with Crippen LogP contribution in [0.25, 0.3) is 0 Å². The number of aryl methyl sites for hydroxylation is 2. The highest BCUT2D eigenvalue weighted by molar-refractivity contribution is 6.26. The standard InChI is InChI=1S/C38H34N4O6/c1-21-11-15-23(16-12-21)31-29-33(37(45)39(35(29)43)25-7-5-9-27(19-25)47-3)42-32(24-17-13-22(2)14-18-24)30-34(41(31)42)38(46)40(36(30)44)26-8-6-10-28(20-26)48-4/h5-20,29-34H,1-4H3. The van der Waals surface area contributed by atoms with Crippen molar-refractivity contribution in [3.63, 3.8) is 0 Å². The first-order valence-electron chi connectivity index (χ1n) is 16.0. The van der Waals surface area contributed by atoms with Crippen molar-refractivity contribution >= 4 is 35.0 Å². The van der Waals surface area contributed by atoms with E-state index in [2.05, 4.69) is 0 Å². The lowest BCUT2D eigenvalue weighted by Crippen LogP contribution is -2.50. The lowest BCUT2D eigenvalue weighted by Gasteiger charge is -2.35. The summed E-state index contributed by atoms with van der Waals surface area (Å²) in [5.74, 6) is -2.17. The third-order valence-electron chi connectivity index (χ3n) is 10.2. The number of ether oxygens (including phenoxy) is 2. The summed E-state index contributed by atoms with van der Waals surface area (Å²) in [5.41, 5.74) is 4.46. The lowest BCUT2D eigenvalue weighted by atomic mass is 9.84. The summed E-state index contributed by atoms with van der Waals surface area (Å²) >= 11 is 0. The molecule has 0 aromatic heterocycles. The Balaban J connectivity index is 1.32. The number of hydrazine groups is 1. The van der Waals surface area contributed by atoms with E-state index in [9.17, 15) is 19.2 Å². The summed E-state index contributed by atoms with van der Waals surface area (Å²) in [7, 11) is 3.07. The van der Waals surface area contributed by atoms with Gasteiger partial charge in [0.25, 0.3) is 11.8 Å². The van der Waals surface area contributed by atoms with Crippen molar-refractivity contribution in [2.45, 2.75) is 38.0 Å². The molecule has 10 nitrogen and oxygen atoms in total. The third kappa shape index (κ3) is 4.26. The van der Waals surface area contributed by atoms with Crippen LogP contribution < -0.4 is 19.3 Å². The SMILES string of the molecule is COc1cccc(N2C(=O)C3C(C2=O)N2C(c4ccc(C)cc4)C4C(=O)N(c5cccc(OC)c5)C(=O)C4N2C3c2ccc(C)cc2)c1. The number of rotatable bonds is 6. The van der Waals surface area contributed by atoms with Gasteiger partial charge in [-0.15, -0.1) is 0 Å². The molecular weight excluding hydrogens is 608 g/mol. The van der Waals surface area contributed by atoms with E-state index in [4.69, 9.17) is 9.47 Å². The quantitative estimate of drug-likeness (QED) is 0.278. The van der Waals surface area contributed by atoms with E-state index in [0.717, 1.165) is 22.3 Å². The molecule has 0 spiro atoms. The molecule has 4 fully saturated rings. The maximum absolute atomic E-state index is 14.6. The fourth-order valence-electron chi connectivity index (χ4n) is 8.03. The Bertz CT molecular complexity index is 1830. The predicted octanol–water partition coefficient (Wildman–Crippen LogP) is 4.77. The van der Waals surface area contributed by atoms with E-state index in [1.807, 2.05) is 72.4 Å². The van der Waals surface area contributed by atoms with Gasteiger partial charge in [0.05, 0.1) is 49.5 Å². The fourth-order valence-corrected chi connectivity index (χ4v) is 8.03. The molecule has 4 saturated heterocycles. The zero-order chi connectivity index (χ0) is 33.4. The number of hydrogen-bond acceptors (Lipinski definition) is 8. The van der Waals surface area contributed by atoms with Gasteiger partial charge in [-0.3, -0.25) is 19.2 Å². The van der Waals surface area contributed by atoms with Crippen molar-refractivity contribution in [3.05, 3.63) is 119 Å². The van der Waals surface area contributed by atoms with Crippen molar-refractivity contribution in [2.24, 2.45) is 11.8 Å². The van der Waals surface area contributed by atoms with Gasteiger partial charge in [-0.1, -0.05) is 71.8 Å². The Hall–Kier alpha value is -5.32. The molecule has 4 aliphatic heterocycles. The first-order chi connectivity index (χ1) is 23.2. The summed E-state index contributed by atoms with van der Waals surface area (Å²) in [6, 6.07) is 26.1. The molecule has 8 rings (SSSR count). The number of fused-ring (bicyclic) bond motifs is 5. The number of nitrogens with zero attached hydrogens (tertiary/aromatic N) is 4. The molecule has 4 amide bonds. The van der Waals surface area contributed by atoms with Crippen LogP contribution in [0.1, 0.15) is 34.3 Å². The maximum atomic E-state index is 14.6. The molecule has 4 aromatic carbocycles. The van der Waals surface area contributed by atoms with Crippen LogP contribution >= 0.6 is 0 Å². The molecule has 0 aliphatic carbocycles. The molecular formula is C38H34N4O6. The van der Waals surface area contributed by atoms with Crippen LogP contribution in [-0.2, 0) is 19.2 Å². The molecule has 0 bridgehead atoms. The van der Waals surface area contributed by atoms with Gasteiger partial charge in [-0.05, 0) is 49.2 Å². The van der Waals surface area contributed by atoms with Crippen molar-refractivity contribution in [3.8, 4) is 11.5 Å². The molecule has 4 aliphatic rings. The second-order valence-electron chi connectivity index (χ2n) is 12.8. The van der Waals surface area contributed by atoms with Gasteiger partial charge in [-0.2, -0.15) is 0 Å². The summed E-state index contributed by atoms with van der Waals surface area (Å²) in [6.45, 7) is 3.96. The number of imide groups is 2. The molecule has 10 heteroatoms. The van der Waals surface area contributed by atoms with Crippen molar-refractivity contribution in [1.29, 1.82) is 0 Å². The van der Waals surface area contributed by atoms with E-state index in [1.54, 1.807) is 48.5 Å². The maximum Gasteiger partial charge on any atom is 0.253 e. The van der Waals surface area contributed by atoms with Gasteiger partial charge >= 0.3 is 0 Å². The minimum Gasteiger partial charge on any atom is -0.497 e. The van der Waals surface area contributed by atoms with E-state index >= 15 is 0 Å². The first kappa shape index (κ1) is 30.0. The van der Waals surface area contributed by atoms with Crippen molar-refractivity contribution in [2.75, 3.05) is 24.0 Å². The van der Waals surface area contributed by atoms with Crippen LogP contribution in [0.3, 0.4) is 0 Å². The number of benzene rings is 4. The monoisotopic (exact) mass is 642 g/mol. The number of methoxy groups -OCH3 is 2. The predicted molar refractivity (Wildman–Crippen MR) is 177 cm³/mol. The third-order valence-corrected chi connectivity index (χ3v) is 10.2. The summed E-state index contributed by atoms with van der Waals surface area (Å²) in [4.78, 5) is 61.0. The molecule has 0 N–H and O–H groups in total. The van der Waals surface area contributed by atoms with Gasteiger partial charge in [0.15, 0.2) is 0 Å². The largest absolute Gasteiger partial charge is 0.497 e. The fraction of sp³-hybridized carbons (Fsp3) is 0.263. The van der Waals surface area contributed by atoms with Crippen LogP contribution in [0.15, 0.2) is 97.1 Å². The number of carbonyl (C=O) groups is 4. The van der Waals surface area contributed by atoms with Gasteiger partial charge in [0, 0.05) is 12.1 Å². The highest BCUT2D eigenvalue weighted by Crippen LogP contribution is 2.59. The van der Waals surface area contributed by atoms with Crippen molar-refractivity contribution < 1.29 is 28.7 Å². The van der Waals surface area contributed by atoms with Gasteiger partial charge in [0.1, 0.15) is 23.6 Å². The van der Waals surface area contributed by atoms with E-state index < -0.39 is 47.8 Å². The smallest absolute Gasteiger partial charge is 0.253 e. The topological polar surface area (TPSA) is 99.7 Å². The van der Waals surface area contributed by atoms with E-state index in [0.29, 0.717) is 22.9 Å². The summed E-state index contributed by atoms with van der Waals surface area (Å²) in [6.07, 6.45) is 0. The zero-order valence-electron chi connectivity index (χ0n) is 26.9. The first-order valence-corrected chi connectivity index (χ1v) is 16.0.